The molecule has 1 atom stereocenters. The summed E-state index contributed by atoms with van der Waals surface area (Å²) in [6.07, 6.45) is 1.87. The van der Waals surface area contributed by atoms with Crippen molar-refractivity contribution in [2.24, 2.45) is 4.99 Å². The number of carbonyl (C=O) groups is 2. The number of ether oxygens (including phenoxy) is 1. The summed E-state index contributed by atoms with van der Waals surface area (Å²) in [6.45, 7) is 3.84. The van der Waals surface area contributed by atoms with Gasteiger partial charge in [-0.2, -0.15) is 0 Å². The predicted molar refractivity (Wildman–Crippen MR) is 182 cm³/mol. The number of esters is 1. The van der Waals surface area contributed by atoms with Crippen molar-refractivity contribution in [3.05, 3.63) is 125 Å². The van der Waals surface area contributed by atoms with Crippen molar-refractivity contribution in [1.29, 1.82) is 0 Å². The number of aliphatic imine (C=N–C) groups is 1. The van der Waals surface area contributed by atoms with E-state index in [1.165, 1.54) is 16.1 Å². The zero-order valence-electron chi connectivity index (χ0n) is 26.2. The second-order valence-electron chi connectivity index (χ2n) is 11.2. The molecule has 9 nitrogen and oxygen atoms in total. The monoisotopic (exact) mass is 638 g/mol. The molecule has 1 heterocycles. The summed E-state index contributed by atoms with van der Waals surface area (Å²) >= 11 is 0. The number of benzene rings is 4. The zero-order chi connectivity index (χ0) is 32.7. The van der Waals surface area contributed by atoms with Crippen LogP contribution in [0.2, 0.25) is 0 Å². The summed E-state index contributed by atoms with van der Waals surface area (Å²) in [5.41, 5.74) is 5.23. The summed E-state index contributed by atoms with van der Waals surface area (Å²) in [5.74, 6) is -1.42. The van der Waals surface area contributed by atoms with E-state index in [9.17, 15) is 18.0 Å². The molecule has 5 rings (SSSR count). The Labute approximate surface area is 270 Å². The van der Waals surface area contributed by atoms with Gasteiger partial charge >= 0.3 is 5.97 Å². The van der Waals surface area contributed by atoms with Crippen LogP contribution >= 0.6 is 0 Å². The molecule has 238 valence electrons. The molecule has 0 fully saturated rings. The molecule has 1 aliphatic rings. The van der Waals surface area contributed by atoms with Crippen molar-refractivity contribution in [1.82, 2.24) is 4.90 Å². The maximum atomic E-state index is 13.4. The molecular formula is C36H38N4O5S. The average Bonchev–Trinajstić information content (AvgIpc) is 3.37. The van der Waals surface area contributed by atoms with Crippen LogP contribution < -0.4 is 9.62 Å². The molecule has 1 unspecified atom stereocenters. The Morgan fingerprint density at radius 2 is 1.57 bits per heavy atom. The lowest BCUT2D eigenvalue weighted by Gasteiger charge is -2.24. The number of nitrogens with zero attached hydrogens (tertiary/aromatic N) is 3. The van der Waals surface area contributed by atoms with Gasteiger partial charge in [0.2, 0.25) is 15.9 Å². The molecule has 4 aromatic rings. The Hall–Kier alpha value is -4.80. The minimum absolute atomic E-state index is 0.253. The largest absolute Gasteiger partial charge is 0.462 e. The van der Waals surface area contributed by atoms with Crippen molar-refractivity contribution < 1.29 is 22.7 Å². The van der Waals surface area contributed by atoms with Gasteiger partial charge in [-0.25, -0.2) is 13.2 Å². The van der Waals surface area contributed by atoms with E-state index < -0.39 is 21.9 Å². The molecule has 4 aromatic carbocycles. The van der Waals surface area contributed by atoms with Gasteiger partial charge in [-0.05, 0) is 80.0 Å². The van der Waals surface area contributed by atoms with E-state index in [4.69, 9.17) is 9.73 Å². The van der Waals surface area contributed by atoms with E-state index in [0.29, 0.717) is 46.9 Å². The Balaban J connectivity index is 1.38. The number of amides is 1. The molecule has 0 aromatic heterocycles. The summed E-state index contributed by atoms with van der Waals surface area (Å²) in [4.78, 5) is 32.8. The number of anilines is 2. The highest BCUT2D eigenvalue weighted by Gasteiger charge is 2.36. The van der Waals surface area contributed by atoms with Gasteiger partial charge in [-0.15, -0.1) is 0 Å². The Bertz CT molecular complexity index is 1810. The first-order valence-corrected chi connectivity index (χ1v) is 17.0. The third-order valence-electron chi connectivity index (χ3n) is 7.72. The molecule has 0 saturated heterocycles. The highest BCUT2D eigenvalue weighted by atomic mass is 32.2. The predicted octanol–water partition coefficient (Wildman–Crippen LogP) is 6.01. The average molecular weight is 639 g/mol. The number of carbonyl (C=O) groups excluding carboxylic acids is 2. The number of sulfonamides is 1. The van der Waals surface area contributed by atoms with Gasteiger partial charge in [0.15, 0.2) is 0 Å². The SMILES string of the molecule is CCOC(=O)c1ccc2c(c1)NC(=O)C2C(=Nc1ccc(N(CCCN(C)Cc2ccccc2)S(C)(=O)=O)cc1)c1ccccc1. The molecule has 10 heteroatoms. The third kappa shape index (κ3) is 7.88. The van der Waals surface area contributed by atoms with Crippen LogP contribution in [0.1, 0.15) is 46.3 Å². The van der Waals surface area contributed by atoms with E-state index in [-0.39, 0.29) is 12.5 Å². The summed E-state index contributed by atoms with van der Waals surface area (Å²) in [6, 6.07) is 31.6. The topological polar surface area (TPSA) is 108 Å². The summed E-state index contributed by atoms with van der Waals surface area (Å²) in [7, 11) is -1.50. The van der Waals surface area contributed by atoms with Crippen LogP contribution in [-0.2, 0) is 26.1 Å². The van der Waals surface area contributed by atoms with Crippen molar-refractivity contribution >= 4 is 44.7 Å². The number of hydrogen-bond acceptors (Lipinski definition) is 7. The van der Waals surface area contributed by atoms with Crippen molar-refractivity contribution in [3.8, 4) is 0 Å². The normalized spacial score (nSPS) is 14.6. The van der Waals surface area contributed by atoms with Crippen LogP contribution in [0.15, 0.2) is 108 Å². The number of fused-ring (bicyclic) bond motifs is 1. The Kier molecular flexibility index (Phi) is 10.3. The van der Waals surface area contributed by atoms with Gasteiger partial charge in [0.25, 0.3) is 0 Å². The second kappa shape index (κ2) is 14.5. The van der Waals surface area contributed by atoms with Crippen molar-refractivity contribution in [2.45, 2.75) is 25.8 Å². The number of rotatable bonds is 13. The van der Waals surface area contributed by atoms with Crippen LogP contribution in [0.4, 0.5) is 17.1 Å². The molecule has 1 N–H and O–H groups in total. The summed E-state index contributed by atoms with van der Waals surface area (Å²) < 4.78 is 32.1. The fourth-order valence-electron chi connectivity index (χ4n) is 5.56. The highest BCUT2D eigenvalue weighted by Crippen LogP contribution is 2.37. The van der Waals surface area contributed by atoms with Gasteiger partial charge in [0, 0.05) is 18.8 Å². The van der Waals surface area contributed by atoms with Crippen molar-refractivity contribution in [2.75, 3.05) is 42.6 Å². The highest BCUT2D eigenvalue weighted by molar-refractivity contribution is 7.92. The Morgan fingerprint density at radius 1 is 0.891 bits per heavy atom. The fraction of sp³-hybridized carbons (Fsp3) is 0.250. The van der Waals surface area contributed by atoms with E-state index in [1.54, 1.807) is 49.4 Å². The molecule has 1 aliphatic heterocycles. The maximum Gasteiger partial charge on any atom is 0.338 e. The molecule has 0 bridgehead atoms. The lowest BCUT2D eigenvalue weighted by atomic mass is 9.90. The van der Waals surface area contributed by atoms with E-state index >= 15 is 0 Å². The van der Waals surface area contributed by atoms with Gasteiger partial charge < -0.3 is 15.0 Å². The standard InChI is InChI=1S/C36H38N4O5S/c1-4-45-36(42)28-16-21-31-32(24-28)38-35(41)33(31)34(27-14-9-6-10-15-27)37-29-17-19-30(20-18-29)40(46(3,43)44)23-11-22-39(2)25-26-12-7-5-8-13-26/h5-10,12-21,24,33H,4,11,22-23,25H2,1-3H3,(H,38,41). The van der Waals surface area contributed by atoms with Crippen LogP contribution in [0.3, 0.4) is 0 Å². The van der Waals surface area contributed by atoms with Crippen LogP contribution in [0, 0.1) is 0 Å². The molecule has 0 radical (unpaired) electrons. The van der Waals surface area contributed by atoms with Gasteiger partial charge in [0.05, 0.1) is 35.5 Å². The Morgan fingerprint density at radius 3 is 2.22 bits per heavy atom. The molecule has 0 spiro atoms. The van der Waals surface area contributed by atoms with Gasteiger partial charge in [-0.3, -0.25) is 14.1 Å². The van der Waals surface area contributed by atoms with Crippen LogP contribution in [-0.4, -0.2) is 63.9 Å². The summed E-state index contributed by atoms with van der Waals surface area (Å²) in [5, 5.41) is 2.90. The first kappa shape index (κ1) is 32.6. The first-order valence-electron chi connectivity index (χ1n) is 15.2. The number of hydrogen-bond donors (Lipinski definition) is 1. The molecular weight excluding hydrogens is 600 g/mol. The third-order valence-corrected chi connectivity index (χ3v) is 8.92. The van der Waals surface area contributed by atoms with Crippen LogP contribution in [0.25, 0.3) is 0 Å². The van der Waals surface area contributed by atoms with Gasteiger partial charge in [0.1, 0.15) is 5.92 Å². The zero-order valence-corrected chi connectivity index (χ0v) is 27.0. The van der Waals surface area contributed by atoms with Gasteiger partial charge in [-0.1, -0.05) is 66.7 Å². The molecule has 1 amide bonds. The smallest absolute Gasteiger partial charge is 0.338 e. The fourth-order valence-corrected chi connectivity index (χ4v) is 6.52. The molecule has 0 aliphatic carbocycles. The minimum Gasteiger partial charge on any atom is -0.462 e. The lowest BCUT2D eigenvalue weighted by Crippen LogP contribution is -2.33. The van der Waals surface area contributed by atoms with E-state index in [1.807, 2.05) is 55.6 Å². The van der Waals surface area contributed by atoms with Crippen molar-refractivity contribution in [3.63, 3.8) is 0 Å². The first-order chi connectivity index (χ1) is 22.1. The second-order valence-corrected chi connectivity index (χ2v) is 13.1. The maximum absolute atomic E-state index is 13.4. The van der Waals surface area contributed by atoms with Crippen LogP contribution in [0.5, 0.6) is 0 Å². The number of nitrogens with one attached hydrogen (secondary N) is 1. The van der Waals surface area contributed by atoms with E-state index in [0.717, 1.165) is 18.7 Å². The quantitative estimate of drug-likeness (QED) is 0.142. The lowest BCUT2D eigenvalue weighted by molar-refractivity contribution is -0.115. The van der Waals surface area contributed by atoms with E-state index in [2.05, 4.69) is 22.3 Å². The molecule has 46 heavy (non-hydrogen) atoms. The minimum atomic E-state index is -3.53. The molecule has 0 saturated carbocycles.